The number of nitrogens with zero attached hydrogens (tertiary/aromatic N) is 2. The van der Waals surface area contributed by atoms with Crippen LogP contribution >= 0.6 is 0 Å². The Morgan fingerprint density at radius 1 is 0.388 bits per heavy atom. The average Bonchev–Trinajstić information content (AvgIpc) is 4.24. The van der Waals surface area contributed by atoms with Crippen LogP contribution in [0.25, 0.3) is 28.0 Å². The molecule has 7 heteroatoms. The number of aromatic amines is 1. The summed E-state index contributed by atoms with van der Waals surface area (Å²) in [5.74, 6) is 0. The van der Waals surface area contributed by atoms with Crippen molar-refractivity contribution in [2.45, 2.75) is 21.7 Å². The van der Waals surface area contributed by atoms with Gasteiger partial charge in [0, 0.05) is 0 Å². The van der Waals surface area contributed by atoms with E-state index in [9.17, 15) is 0 Å². The molecule has 0 saturated carbocycles. The first-order valence-corrected chi connectivity index (χ1v) is 28.1. The van der Waals surface area contributed by atoms with E-state index in [2.05, 4.69) is 241 Å². The maximum atomic E-state index is 5.56. The van der Waals surface area contributed by atoms with E-state index in [4.69, 9.17) is 9.98 Å². The number of H-pyrrole nitrogens is 1. The van der Waals surface area contributed by atoms with Crippen LogP contribution in [0.1, 0.15) is 22.3 Å². The van der Waals surface area contributed by atoms with E-state index in [1.54, 1.807) is 0 Å². The summed E-state index contributed by atoms with van der Waals surface area (Å²) in [7, 11) is 0. The minimum absolute atomic E-state index is 0.0249. The van der Waals surface area contributed by atoms with E-state index < -0.39 is 0 Å². The van der Waals surface area contributed by atoms with E-state index in [0.717, 1.165) is 33.5 Å². The molecule has 5 aliphatic heterocycles. The molecule has 2 N–H and O–H groups in total. The van der Waals surface area contributed by atoms with Crippen LogP contribution in [0.15, 0.2) is 246 Å². The molecule has 4 aromatic carbocycles. The van der Waals surface area contributed by atoms with E-state index >= 15 is 0 Å². The van der Waals surface area contributed by atoms with Gasteiger partial charge in [-0.25, -0.2) is 0 Å². The predicted molar refractivity (Wildman–Crippen MR) is 281 cm³/mol. The Kier molecular flexibility index (Phi) is 11.7. The zero-order chi connectivity index (χ0) is 44.5. The van der Waals surface area contributed by atoms with Crippen molar-refractivity contribution in [2.24, 2.45) is 9.98 Å². The molecule has 322 valence electrons. The van der Waals surface area contributed by atoms with Crippen LogP contribution in [-0.4, -0.2) is 72.5 Å². The Balaban J connectivity index is 1.12. The number of fused-ring (bicyclic) bond motifs is 13. The van der Waals surface area contributed by atoms with E-state index in [-0.39, 0.29) is 65.7 Å². The molecule has 8 heterocycles. The van der Waals surface area contributed by atoms with Gasteiger partial charge in [0.25, 0.3) is 0 Å². The van der Waals surface area contributed by atoms with E-state index in [1.165, 1.54) is 60.9 Å². The van der Waals surface area contributed by atoms with Crippen molar-refractivity contribution in [1.29, 1.82) is 0 Å². The second-order valence-electron chi connectivity index (χ2n) is 16.8. The molecule has 0 fully saturated rings. The first-order valence-electron chi connectivity index (χ1n) is 22.7. The van der Waals surface area contributed by atoms with Crippen LogP contribution in [0.2, 0.25) is 9.63 Å². The summed E-state index contributed by atoms with van der Waals surface area (Å²) in [5.41, 5.74) is 14.0. The monoisotopic (exact) mass is 1060 g/mol. The molecular formula is C60H44N4Se3. The molecule has 4 nitrogen and oxygen atoms in total. The van der Waals surface area contributed by atoms with Crippen molar-refractivity contribution in [2.75, 3.05) is 0 Å². The molecule has 4 atom stereocenters. The maximum absolute atomic E-state index is 5.56. The van der Waals surface area contributed by atoms with Crippen LogP contribution in [-0.2, 0) is 0 Å². The summed E-state index contributed by atoms with van der Waals surface area (Å²) in [6.07, 6.45) is 27.2. The zero-order valence-corrected chi connectivity index (χ0v) is 41.5. The first-order chi connectivity index (χ1) is 33.2. The number of allylic oxidation sites excluding steroid dienone is 9. The molecule has 3 aromatic heterocycles. The summed E-state index contributed by atoms with van der Waals surface area (Å²) in [6, 6.07) is 57.5. The van der Waals surface area contributed by atoms with Gasteiger partial charge in [-0.3, -0.25) is 0 Å². The molecule has 7 aromatic rings. The van der Waals surface area contributed by atoms with Gasteiger partial charge in [-0.2, -0.15) is 0 Å². The Hall–Kier alpha value is -6.36. The van der Waals surface area contributed by atoms with Crippen LogP contribution in [0.3, 0.4) is 0 Å². The molecule has 0 saturated heterocycles. The van der Waals surface area contributed by atoms with E-state index in [1.807, 2.05) is 0 Å². The normalized spacial score (nSPS) is 25.8. The van der Waals surface area contributed by atoms with Gasteiger partial charge in [0.2, 0.25) is 0 Å². The molecule has 0 spiro atoms. The second kappa shape index (κ2) is 18.7. The second-order valence-corrected chi connectivity index (χ2v) is 24.1. The van der Waals surface area contributed by atoms with Crippen molar-refractivity contribution in [3.63, 3.8) is 0 Å². The fourth-order valence-electron chi connectivity index (χ4n) is 9.48. The van der Waals surface area contributed by atoms with Crippen LogP contribution in [0, 0.1) is 8.19 Å². The summed E-state index contributed by atoms with van der Waals surface area (Å²) in [6.45, 7) is 0. The summed E-state index contributed by atoms with van der Waals surface area (Å²) >= 11 is 0.279. The molecular weight excluding hydrogens is 1010 g/mol. The van der Waals surface area contributed by atoms with Crippen molar-refractivity contribution < 1.29 is 0 Å². The number of hydrogen-bond acceptors (Lipinski definition) is 3. The van der Waals surface area contributed by atoms with Gasteiger partial charge in [-0.15, -0.1) is 0 Å². The number of rotatable bonds is 4. The molecule has 0 amide bonds. The molecule has 5 aliphatic rings. The Labute approximate surface area is 408 Å². The van der Waals surface area contributed by atoms with Crippen LogP contribution in [0.5, 0.6) is 0 Å². The Bertz CT molecular complexity index is 3690. The van der Waals surface area contributed by atoms with Gasteiger partial charge in [0.1, 0.15) is 0 Å². The third-order valence-corrected chi connectivity index (χ3v) is 21.0. The van der Waals surface area contributed by atoms with Crippen molar-refractivity contribution in [3.05, 3.63) is 286 Å². The first kappa shape index (κ1) is 42.0. The number of nitrogens with one attached hydrogen (secondary N) is 2. The fraction of sp³-hybridized carbons (Fsp3) is 0.0667. The van der Waals surface area contributed by atoms with Crippen molar-refractivity contribution >= 4 is 83.4 Å². The standard InChI is InChI=1S/C60H44N4Se3/c1-5-17-39(18-6-1)57-47-26-14-13-25-43(61-47)44-29-32-48(62-44)58(40-19-7-2-8-20-40)53-27-15-16-28-54(67-53)59(41-21-9-3-10-22-41)49-33-30-45(63-49)46-31-34-50(64-46)60(42-23-11-4-12-24-42)56-38-36-52(66-56)51-35-37-55(57)65-51/h1-38,43,47,53-54,61,63H/b46-45-,52-51-,57-55-,58-48+,59-49-,60-56-. The van der Waals surface area contributed by atoms with Gasteiger partial charge in [0.15, 0.2) is 0 Å². The van der Waals surface area contributed by atoms with Gasteiger partial charge < -0.3 is 0 Å². The molecule has 0 radical (unpaired) electrons. The molecule has 4 unspecified atom stereocenters. The third kappa shape index (κ3) is 8.50. The number of benzene rings is 4. The SMILES string of the molecule is C1=CC2NC(C=C1)/C(c1ccccc1)=c1/cc/c([se]1)=c1\cc/c([se]1)=C(\c1ccccc1)C1=N/C(=c3/cc/c([nH]3)=C(\c3ccccc3)C3C=CC=CC([Se]3)/C(c3ccccc3)=C3\C=CC2=N3)C=C1. The molecule has 67 heavy (non-hydrogen) atoms. The summed E-state index contributed by atoms with van der Waals surface area (Å²) in [4.78, 5) is 15.2. The zero-order valence-electron chi connectivity index (χ0n) is 36.4. The molecule has 0 aliphatic carbocycles. The van der Waals surface area contributed by atoms with Gasteiger partial charge in [-0.1, -0.05) is 0 Å². The fourth-order valence-corrected chi connectivity index (χ4v) is 17.7. The third-order valence-electron chi connectivity index (χ3n) is 12.6. The van der Waals surface area contributed by atoms with Gasteiger partial charge in [0.05, 0.1) is 0 Å². The number of aromatic nitrogens is 1. The average molecular weight is 1060 g/mol. The van der Waals surface area contributed by atoms with Crippen molar-refractivity contribution in [3.8, 4) is 0 Å². The predicted octanol–water partition coefficient (Wildman–Crippen LogP) is 8.13. The molecule has 14 bridgehead atoms. The summed E-state index contributed by atoms with van der Waals surface area (Å²) in [5, 5.41) is 6.23. The van der Waals surface area contributed by atoms with Gasteiger partial charge in [-0.05, 0) is 0 Å². The Morgan fingerprint density at radius 3 is 1.60 bits per heavy atom. The topological polar surface area (TPSA) is 52.5 Å². The van der Waals surface area contributed by atoms with Crippen molar-refractivity contribution in [1.82, 2.24) is 10.3 Å². The summed E-state index contributed by atoms with van der Waals surface area (Å²) < 4.78 is 5.65. The van der Waals surface area contributed by atoms with Crippen LogP contribution in [0.4, 0.5) is 0 Å². The van der Waals surface area contributed by atoms with E-state index in [0.29, 0.717) is 0 Å². The number of aliphatic imine (C=N–C) groups is 2. The minimum atomic E-state index is -0.0877. The Morgan fingerprint density at radius 2 is 0.910 bits per heavy atom. The van der Waals surface area contributed by atoms with Crippen LogP contribution < -0.4 is 24.2 Å². The quantitative estimate of drug-likeness (QED) is 0.172. The van der Waals surface area contributed by atoms with Gasteiger partial charge >= 0.3 is 411 Å². The number of hydrogen-bond donors (Lipinski definition) is 2. The molecule has 12 rings (SSSR count).